The maximum Gasteiger partial charge on any atom is 0.128 e. The van der Waals surface area contributed by atoms with Gasteiger partial charge in [-0.3, -0.25) is 4.67 Å². The summed E-state index contributed by atoms with van der Waals surface area (Å²) < 4.78 is 7.71. The number of nitrogens with zero attached hydrogens (tertiary/aromatic N) is 1. The molecule has 0 aliphatic heterocycles. The molecule has 0 spiro atoms. The molecule has 0 aliphatic rings. The molecule has 2 nitrogen and oxygen atoms in total. The second kappa shape index (κ2) is 4.56. The van der Waals surface area contributed by atoms with Gasteiger partial charge in [-0.25, -0.2) is 0 Å². The minimum absolute atomic E-state index is 0.285. The fourth-order valence-electron chi connectivity index (χ4n) is 0.503. The Morgan fingerprint density at radius 2 is 2.00 bits per heavy atom. The zero-order chi connectivity index (χ0) is 9.07. The molecule has 68 valence electrons. The van der Waals surface area contributed by atoms with E-state index >= 15 is 0 Å². The van der Waals surface area contributed by atoms with Crippen LogP contribution in [0.1, 0.15) is 20.3 Å². The highest BCUT2D eigenvalue weighted by atomic mass is 32.4. The van der Waals surface area contributed by atoms with Crippen molar-refractivity contribution in [3.63, 3.8) is 0 Å². The summed E-state index contributed by atoms with van der Waals surface area (Å²) in [6.07, 6.45) is -0.357. The average Bonchev–Trinajstić information content (AvgIpc) is 1.86. The Morgan fingerprint density at radius 3 is 2.27 bits per heavy atom. The second-order valence-electron chi connectivity index (χ2n) is 2.97. The van der Waals surface area contributed by atoms with Crippen molar-refractivity contribution in [2.45, 2.75) is 26.4 Å². The Hall–Kier alpha value is 0.570. The first-order valence-corrected chi connectivity index (χ1v) is 6.96. The maximum atomic E-state index is 5.70. The van der Waals surface area contributed by atoms with Crippen LogP contribution in [-0.2, 0) is 16.3 Å². The van der Waals surface area contributed by atoms with E-state index in [0.717, 1.165) is 6.42 Å². The van der Waals surface area contributed by atoms with Crippen LogP contribution < -0.4 is 0 Å². The van der Waals surface area contributed by atoms with Gasteiger partial charge in [-0.05, 0) is 27.4 Å². The van der Waals surface area contributed by atoms with Crippen molar-refractivity contribution in [2.75, 3.05) is 20.8 Å². The van der Waals surface area contributed by atoms with E-state index in [1.54, 1.807) is 0 Å². The molecule has 0 saturated heterocycles. The molecule has 0 aromatic rings. The minimum Gasteiger partial charge on any atom is -0.335 e. The molecule has 0 heterocycles. The topological polar surface area (TPSA) is 12.5 Å². The molecule has 0 N–H and O–H groups in total. The Labute approximate surface area is 75.1 Å². The normalized spacial score (nSPS) is 19.8. The van der Waals surface area contributed by atoms with Crippen LogP contribution in [0.4, 0.5) is 0 Å². The minimum atomic E-state index is -1.67. The Bertz CT molecular complexity index is 161. The standard InChI is InChI=1S/C7H18NOPS/c1-6-7(2)9-10(5,11)8(3)4/h7H,6H2,1-5H3. The van der Waals surface area contributed by atoms with Crippen LogP contribution in [0.25, 0.3) is 0 Å². The lowest BCUT2D eigenvalue weighted by Gasteiger charge is -2.27. The van der Waals surface area contributed by atoms with Crippen molar-refractivity contribution in [3.8, 4) is 0 Å². The van der Waals surface area contributed by atoms with Crippen molar-refractivity contribution >= 4 is 18.2 Å². The molecule has 4 heteroatoms. The molecular formula is C7H18NOPS. The van der Waals surface area contributed by atoms with Crippen molar-refractivity contribution in [3.05, 3.63) is 0 Å². The van der Waals surface area contributed by atoms with Gasteiger partial charge >= 0.3 is 0 Å². The van der Waals surface area contributed by atoms with Gasteiger partial charge in [0.1, 0.15) is 6.42 Å². The van der Waals surface area contributed by atoms with Gasteiger partial charge in [-0.15, -0.1) is 0 Å². The molecule has 0 saturated carbocycles. The van der Waals surface area contributed by atoms with Crippen molar-refractivity contribution in [1.29, 1.82) is 0 Å². The highest BCUT2D eigenvalue weighted by Crippen LogP contribution is 2.46. The van der Waals surface area contributed by atoms with Crippen LogP contribution >= 0.6 is 6.42 Å². The zero-order valence-corrected chi connectivity index (χ0v) is 9.71. The summed E-state index contributed by atoms with van der Waals surface area (Å²) in [4.78, 5) is 0. The quantitative estimate of drug-likeness (QED) is 0.639. The van der Waals surface area contributed by atoms with Crippen LogP contribution in [0.3, 0.4) is 0 Å². The monoisotopic (exact) mass is 195 g/mol. The summed E-state index contributed by atoms with van der Waals surface area (Å²) in [5.74, 6) is 0. The van der Waals surface area contributed by atoms with E-state index in [1.165, 1.54) is 0 Å². The van der Waals surface area contributed by atoms with Gasteiger partial charge in [-0.1, -0.05) is 18.7 Å². The lowest BCUT2D eigenvalue weighted by Crippen LogP contribution is -2.14. The number of hydrogen-bond donors (Lipinski definition) is 0. The SMILES string of the molecule is CCC(C)OP(C)(=S)N(C)C. The first-order chi connectivity index (χ1) is 4.90. The van der Waals surface area contributed by atoms with Gasteiger partial charge in [0.15, 0.2) is 0 Å². The number of rotatable bonds is 4. The van der Waals surface area contributed by atoms with Crippen molar-refractivity contribution in [2.24, 2.45) is 0 Å². The molecule has 2 unspecified atom stereocenters. The van der Waals surface area contributed by atoms with Crippen LogP contribution in [0, 0.1) is 0 Å². The van der Waals surface area contributed by atoms with E-state index in [-0.39, 0.29) is 6.10 Å². The van der Waals surface area contributed by atoms with Gasteiger partial charge in [0.25, 0.3) is 0 Å². The van der Waals surface area contributed by atoms with Gasteiger partial charge in [0.2, 0.25) is 0 Å². The lowest BCUT2D eigenvalue weighted by atomic mass is 10.3. The molecule has 11 heavy (non-hydrogen) atoms. The molecule has 0 radical (unpaired) electrons. The summed E-state index contributed by atoms with van der Waals surface area (Å²) in [6.45, 7) is 6.18. The molecule has 2 atom stereocenters. The summed E-state index contributed by atoms with van der Waals surface area (Å²) in [6, 6.07) is 0. The summed E-state index contributed by atoms with van der Waals surface area (Å²) >= 11 is 5.32. The van der Waals surface area contributed by atoms with Crippen LogP contribution in [-0.4, -0.2) is 31.5 Å². The van der Waals surface area contributed by atoms with E-state index in [4.69, 9.17) is 16.3 Å². The van der Waals surface area contributed by atoms with Crippen LogP contribution in [0.5, 0.6) is 0 Å². The zero-order valence-electron chi connectivity index (χ0n) is 8.00. The summed E-state index contributed by atoms with van der Waals surface area (Å²) in [7, 11) is 3.95. The predicted molar refractivity (Wildman–Crippen MR) is 54.7 cm³/mol. The van der Waals surface area contributed by atoms with Gasteiger partial charge in [-0.2, -0.15) is 0 Å². The molecule has 0 bridgehead atoms. The molecule has 0 amide bonds. The third-order valence-corrected chi connectivity index (χ3v) is 5.12. The third-order valence-electron chi connectivity index (χ3n) is 1.68. The Balaban J connectivity index is 4.02. The molecule has 0 rings (SSSR count). The second-order valence-corrected chi connectivity index (χ2v) is 7.62. The van der Waals surface area contributed by atoms with Crippen molar-refractivity contribution < 1.29 is 4.52 Å². The van der Waals surface area contributed by atoms with E-state index in [0.29, 0.717) is 0 Å². The van der Waals surface area contributed by atoms with E-state index in [2.05, 4.69) is 13.8 Å². The Morgan fingerprint density at radius 1 is 1.55 bits per heavy atom. The van der Waals surface area contributed by atoms with Crippen molar-refractivity contribution in [1.82, 2.24) is 4.67 Å². The third kappa shape index (κ3) is 4.22. The summed E-state index contributed by atoms with van der Waals surface area (Å²) in [5.41, 5.74) is 0. The molecule has 0 fully saturated rings. The highest BCUT2D eigenvalue weighted by Gasteiger charge is 2.15. The first-order valence-electron chi connectivity index (χ1n) is 3.84. The predicted octanol–water partition coefficient (Wildman–Crippen LogP) is 2.30. The fraction of sp³-hybridized carbons (Fsp3) is 1.00. The molecule has 0 aromatic carbocycles. The van der Waals surface area contributed by atoms with E-state index in [9.17, 15) is 0 Å². The fourth-order valence-corrected chi connectivity index (χ4v) is 1.95. The Kier molecular flexibility index (Phi) is 4.80. The molecule has 0 aliphatic carbocycles. The molecular weight excluding hydrogens is 177 g/mol. The van der Waals surface area contributed by atoms with Crippen LogP contribution in [0.2, 0.25) is 0 Å². The lowest BCUT2D eigenvalue weighted by molar-refractivity contribution is 0.228. The highest BCUT2D eigenvalue weighted by molar-refractivity contribution is 8.10. The first kappa shape index (κ1) is 11.6. The van der Waals surface area contributed by atoms with E-state index < -0.39 is 6.42 Å². The smallest absolute Gasteiger partial charge is 0.128 e. The maximum absolute atomic E-state index is 5.70. The molecule has 0 aromatic heterocycles. The number of hydrogen-bond acceptors (Lipinski definition) is 2. The largest absolute Gasteiger partial charge is 0.335 e. The van der Waals surface area contributed by atoms with Gasteiger partial charge < -0.3 is 4.52 Å². The average molecular weight is 195 g/mol. The van der Waals surface area contributed by atoms with Crippen LogP contribution in [0.15, 0.2) is 0 Å². The summed E-state index contributed by atoms with van der Waals surface area (Å²) in [5, 5.41) is 0. The van der Waals surface area contributed by atoms with E-state index in [1.807, 2.05) is 25.4 Å². The van der Waals surface area contributed by atoms with Gasteiger partial charge in [0, 0.05) is 6.66 Å². The van der Waals surface area contributed by atoms with Gasteiger partial charge in [0.05, 0.1) is 6.10 Å².